The molecule has 0 spiro atoms. The summed E-state index contributed by atoms with van der Waals surface area (Å²) in [7, 11) is 0. The zero-order valence-electron chi connectivity index (χ0n) is 17.3. The third-order valence-corrected chi connectivity index (χ3v) is 6.10. The Balaban J connectivity index is 1.88. The summed E-state index contributed by atoms with van der Waals surface area (Å²) in [6.07, 6.45) is 3.26. The second-order valence-electron chi connectivity index (χ2n) is 6.84. The summed E-state index contributed by atoms with van der Waals surface area (Å²) in [5.74, 6) is 0.579. The maximum absolute atomic E-state index is 10.7. The number of benzene rings is 2. The lowest BCUT2D eigenvalue weighted by Gasteiger charge is -2.13. The molecule has 0 saturated heterocycles. The van der Waals surface area contributed by atoms with Crippen molar-refractivity contribution in [2.24, 2.45) is 5.16 Å². The van der Waals surface area contributed by atoms with Crippen LogP contribution in [0.2, 0.25) is 5.02 Å². The lowest BCUT2D eigenvalue weighted by atomic mass is 10.0. The molecule has 0 saturated carbocycles. The number of rotatable bonds is 12. The summed E-state index contributed by atoms with van der Waals surface area (Å²) >= 11 is 7.87. The molecule has 0 aromatic heterocycles. The van der Waals surface area contributed by atoms with E-state index in [2.05, 4.69) is 12.1 Å². The number of carboxylic acid groups (broad SMARTS) is 1. The fraction of sp³-hybridized carbons (Fsp3) is 0.391. The van der Waals surface area contributed by atoms with Gasteiger partial charge in [-0.25, -0.2) is 0 Å². The molecule has 0 heterocycles. The minimum atomic E-state index is -1.12. The highest BCUT2D eigenvalue weighted by molar-refractivity contribution is 7.99. The highest BCUT2D eigenvalue weighted by Crippen LogP contribution is 2.29. The number of ether oxygens (including phenoxy) is 1. The third kappa shape index (κ3) is 7.26. The fourth-order valence-electron chi connectivity index (χ4n) is 3.06. The van der Waals surface area contributed by atoms with Crippen LogP contribution in [0.3, 0.4) is 0 Å². The predicted octanol–water partition coefficient (Wildman–Crippen LogP) is 4.73. The molecule has 0 aliphatic carbocycles. The number of carboxylic acids is 1. The number of hydrogen-bond acceptors (Lipinski definition) is 6. The average Bonchev–Trinajstić information content (AvgIpc) is 2.71. The van der Waals surface area contributed by atoms with Crippen molar-refractivity contribution in [3.8, 4) is 5.75 Å². The van der Waals surface area contributed by atoms with E-state index in [9.17, 15) is 9.90 Å². The topological polar surface area (TPSA) is 82.0 Å². The maximum Gasteiger partial charge on any atom is 0.122 e. The van der Waals surface area contributed by atoms with Gasteiger partial charge in [-0.05, 0) is 66.3 Å². The van der Waals surface area contributed by atoms with Gasteiger partial charge in [0.15, 0.2) is 0 Å². The van der Waals surface area contributed by atoms with Gasteiger partial charge in [-0.2, -0.15) is 0 Å². The largest absolute Gasteiger partial charge is 0.550 e. The molecule has 0 bridgehead atoms. The summed E-state index contributed by atoms with van der Waals surface area (Å²) in [4.78, 5) is 11.6. The molecule has 0 atom stereocenters. The molecule has 0 aliphatic rings. The fourth-order valence-corrected chi connectivity index (χ4v) is 4.27. The second kappa shape index (κ2) is 12.5. The number of carbonyl (C=O) groups excluding carboxylic acids is 1. The number of aliphatic carboxylic acids is 1. The highest BCUT2D eigenvalue weighted by atomic mass is 35.5. The molecule has 5 nitrogen and oxygen atoms in total. The van der Waals surface area contributed by atoms with Gasteiger partial charge in [0, 0.05) is 23.0 Å². The van der Waals surface area contributed by atoms with Crippen molar-refractivity contribution in [2.75, 3.05) is 12.4 Å². The molecule has 0 radical (unpaired) electrons. The van der Waals surface area contributed by atoms with Crippen LogP contribution in [0.25, 0.3) is 0 Å². The van der Waals surface area contributed by atoms with Gasteiger partial charge in [-0.15, -0.1) is 11.8 Å². The van der Waals surface area contributed by atoms with Crippen molar-refractivity contribution in [3.63, 3.8) is 0 Å². The first-order chi connectivity index (χ1) is 14.5. The molecule has 2 aromatic rings. The van der Waals surface area contributed by atoms with E-state index in [0.29, 0.717) is 29.3 Å². The molecule has 2 aromatic carbocycles. The minimum Gasteiger partial charge on any atom is -0.550 e. The van der Waals surface area contributed by atoms with Crippen LogP contribution in [0, 0.1) is 0 Å². The van der Waals surface area contributed by atoms with Gasteiger partial charge in [0.25, 0.3) is 0 Å². The summed E-state index contributed by atoms with van der Waals surface area (Å²) < 4.78 is 6.00. The van der Waals surface area contributed by atoms with Crippen molar-refractivity contribution in [3.05, 3.63) is 58.1 Å². The quantitative estimate of drug-likeness (QED) is 0.167. The second-order valence-corrected chi connectivity index (χ2v) is 8.38. The monoisotopic (exact) mass is 448 g/mol. The van der Waals surface area contributed by atoms with E-state index in [1.807, 2.05) is 31.2 Å². The number of oxime groups is 1. The van der Waals surface area contributed by atoms with Crippen molar-refractivity contribution in [1.29, 1.82) is 0 Å². The Hall–Kier alpha value is -2.18. The first-order valence-corrected chi connectivity index (χ1v) is 11.4. The first kappa shape index (κ1) is 24.1. The standard InChI is InChI=1S/C23H28ClNO4S/c1-3-6-18-15-17(20(4-2)25-28)8-9-21(18)29-11-5-12-30-22-10-7-16(13-19(22)24)14-23(26)27/h7-10,13,15,28H,3-6,11-12,14H2,1-2H3,(H,26,27)/p-1/b25-20+. The Morgan fingerprint density at radius 3 is 2.67 bits per heavy atom. The van der Waals surface area contributed by atoms with Gasteiger partial charge in [-0.1, -0.05) is 43.1 Å². The predicted molar refractivity (Wildman–Crippen MR) is 120 cm³/mol. The van der Waals surface area contributed by atoms with Gasteiger partial charge in [-0.3, -0.25) is 0 Å². The molecule has 0 fully saturated rings. The Morgan fingerprint density at radius 1 is 1.23 bits per heavy atom. The Morgan fingerprint density at radius 2 is 2.03 bits per heavy atom. The van der Waals surface area contributed by atoms with Gasteiger partial charge < -0.3 is 19.8 Å². The lowest BCUT2D eigenvalue weighted by Crippen LogP contribution is -2.24. The molecule has 2 rings (SSSR count). The zero-order chi connectivity index (χ0) is 21.9. The average molecular weight is 449 g/mol. The molecule has 1 N–H and O–H groups in total. The van der Waals surface area contributed by atoms with Crippen LogP contribution < -0.4 is 9.84 Å². The SMILES string of the molecule is CCCc1cc(/C(CC)=N/O)ccc1OCCCSc1ccc(CC(=O)[O-])cc1Cl. The summed E-state index contributed by atoms with van der Waals surface area (Å²) in [6, 6.07) is 11.2. The van der Waals surface area contributed by atoms with Crippen LogP contribution in [0.1, 0.15) is 49.8 Å². The summed E-state index contributed by atoms with van der Waals surface area (Å²) in [5, 5.41) is 23.8. The molecule has 30 heavy (non-hydrogen) atoms. The van der Waals surface area contributed by atoms with E-state index in [4.69, 9.17) is 21.5 Å². The molecular weight excluding hydrogens is 422 g/mol. The van der Waals surface area contributed by atoms with Gasteiger partial charge in [0.2, 0.25) is 0 Å². The van der Waals surface area contributed by atoms with E-state index in [1.54, 1.807) is 23.9 Å². The first-order valence-electron chi connectivity index (χ1n) is 10.1. The number of aryl methyl sites for hydroxylation is 1. The van der Waals surface area contributed by atoms with Gasteiger partial charge in [0.05, 0.1) is 17.3 Å². The normalized spacial score (nSPS) is 11.5. The Bertz CT molecular complexity index is 886. The molecular formula is C23H27ClNO4S-. The minimum absolute atomic E-state index is 0.138. The third-order valence-electron chi connectivity index (χ3n) is 4.52. The number of hydrogen-bond donors (Lipinski definition) is 1. The van der Waals surface area contributed by atoms with Crippen LogP contribution in [0.5, 0.6) is 5.75 Å². The molecule has 0 aliphatic heterocycles. The van der Waals surface area contributed by atoms with Crippen molar-refractivity contribution in [2.45, 2.75) is 50.8 Å². The van der Waals surface area contributed by atoms with Crippen LogP contribution in [-0.2, 0) is 17.6 Å². The lowest BCUT2D eigenvalue weighted by molar-refractivity contribution is -0.304. The van der Waals surface area contributed by atoms with Crippen molar-refractivity contribution >= 4 is 35.0 Å². The van der Waals surface area contributed by atoms with Crippen LogP contribution in [0.15, 0.2) is 46.4 Å². The molecule has 0 unspecified atom stereocenters. The van der Waals surface area contributed by atoms with Crippen LogP contribution in [0.4, 0.5) is 0 Å². The van der Waals surface area contributed by atoms with Crippen molar-refractivity contribution in [1.82, 2.24) is 0 Å². The highest BCUT2D eigenvalue weighted by Gasteiger charge is 2.09. The van der Waals surface area contributed by atoms with E-state index in [-0.39, 0.29) is 6.42 Å². The van der Waals surface area contributed by atoms with Gasteiger partial charge >= 0.3 is 0 Å². The Labute approximate surface area is 187 Å². The number of nitrogens with zero attached hydrogens (tertiary/aromatic N) is 1. The molecule has 162 valence electrons. The van der Waals surface area contributed by atoms with E-state index in [1.165, 1.54) is 0 Å². The van der Waals surface area contributed by atoms with E-state index >= 15 is 0 Å². The zero-order valence-corrected chi connectivity index (χ0v) is 18.9. The summed E-state index contributed by atoms with van der Waals surface area (Å²) in [5.41, 5.74) is 3.34. The van der Waals surface area contributed by atoms with E-state index in [0.717, 1.165) is 46.8 Å². The smallest absolute Gasteiger partial charge is 0.122 e. The molecule has 0 amide bonds. The van der Waals surface area contributed by atoms with Gasteiger partial charge in [0.1, 0.15) is 5.75 Å². The number of thioether (sulfide) groups is 1. The van der Waals surface area contributed by atoms with Crippen LogP contribution in [-0.4, -0.2) is 29.2 Å². The number of halogens is 1. The van der Waals surface area contributed by atoms with E-state index < -0.39 is 5.97 Å². The Kier molecular flexibility index (Phi) is 10.0. The number of carbonyl (C=O) groups is 1. The maximum atomic E-state index is 10.7. The summed E-state index contributed by atoms with van der Waals surface area (Å²) in [6.45, 7) is 4.66. The molecule has 7 heteroatoms. The van der Waals surface area contributed by atoms with Crippen LogP contribution >= 0.6 is 23.4 Å². The van der Waals surface area contributed by atoms with Crippen molar-refractivity contribution < 1.29 is 19.8 Å².